The van der Waals surface area contributed by atoms with Gasteiger partial charge in [-0.1, -0.05) is 23.7 Å². The molecule has 1 fully saturated rings. The van der Waals surface area contributed by atoms with Crippen LogP contribution in [-0.2, 0) is 0 Å². The van der Waals surface area contributed by atoms with Crippen molar-refractivity contribution in [3.8, 4) is 0 Å². The van der Waals surface area contributed by atoms with E-state index in [4.69, 9.17) is 16.7 Å². The second-order valence-corrected chi connectivity index (χ2v) is 5.13. The Bertz CT molecular complexity index is 471. The Balaban J connectivity index is 0.00000220. The van der Waals surface area contributed by atoms with Crippen LogP contribution >= 0.6 is 24.0 Å². The van der Waals surface area contributed by atoms with Crippen molar-refractivity contribution < 1.29 is 18.3 Å². The fraction of sp³-hybridized carbons (Fsp3) is 0.538. The molecule has 2 N–H and O–H groups in total. The van der Waals surface area contributed by atoms with Gasteiger partial charge in [0.05, 0.1) is 5.02 Å². The predicted octanol–water partition coefficient (Wildman–Crippen LogP) is 2.47. The molecule has 0 spiro atoms. The van der Waals surface area contributed by atoms with E-state index in [-0.39, 0.29) is 23.0 Å². The van der Waals surface area contributed by atoms with Crippen molar-refractivity contribution >= 4 is 24.0 Å². The first kappa shape index (κ1) is 18.5. The SMILES string of the molecule is Cl.OCC(F)(F)[C@@H](c1cccc(F)c1Cl)N1CCNCC1. The minimum Gasteiger partial charge on any atom is -0.390 e. The van der Waals surface area contributed by atoms with Gasteiger partial charge in [-0.2, -0.15) is 0 Å². The monoisotopic (exact) mass is 344 g/mol. The molecule has 0 unspecified atom stereocenters. The summed E-state index contributed by atoms with van der Waals surface area (Å²) in [7, 11) is 0. The zero-order valence-corrected chi connectivity index (χ0v) is 12.7. The van der Waals surface area contributed by atoms with Crippen molar-refractivity contribution in [3.63, 3.8) is 0 Å². The van der Waals surface area contributed by atoms with Crippen LogP contribution in [0.15, 0.2) is 18.2 Å². The Morgan fingerprint density at radius 2 is 1.95 bits per heavy atom. The highest BCUT2D eigenvalue weighted by Crippen LogP contribution is 2.40. The maximum absolute atomic E-state index is 14.1. The molecule has 1 aromatic carbocycles. The van der Waals surface area contributed by atoms with E-state index in [0.29, 0.717) is 26.2 Å². The number of piperazine rings is 1. The van der Waals surface area contributed by atoms with E-state index >= 15 is 0 Å². The van der Waals surface area contributed by atoms with Gasteiger partial charge in [-0.15, -0.1) is 12.4 Å². The van der Waals surface area contributed by atoms with Gasteiger partial charge >= 0.3 is 0 Å². The van der Waals surface area contributed by atoms with Gasteiger partial charge in [0.15, 0.2) is 0 Å². The Labute approximate surface area is 132 Å². The Morgan fingerprint density at radius 3 is 2.52 bits per heavy atom. The maximum atomic E-state index is 14.1. The topological polar surface area (TPSA) is 35.5 Å². The number of aliphatic hydroxyl groups excluding tert-OH is 1. The molecule has 8 heteroatoms. The molecule has 120 valence electrons. The highest BCUT2D eigenvalue weighted by Gasteiger charge is 2.45. The van der Waals surface area contributed by atoms with Crippen LogP contribution < -0.4 is 5.32 Å². The summed E-state index contributed by atoms with van der Waals surface area (Å²) in [5.41, 5.74) is 0.00705. The average molecular weight is 345 g/mol. The van der Waals surface area contributed by atoms with E-state index in [0.717, 1.165) is 6.07 Å². The standard InChI is InChI=1S/C13H16ClF3N2O.ClH/c14-11-9(2-1-3-10(11)15)12(13(16,17)8-20)19-6-4-18-5-7-19;/h1-3,12,18,20H,4-8H2;1H/t12-;/m1./s1. The number of alkyl halides is 2. The molecule has 0 aromatic heterocycles. The summed E-state index contributed by atoms with van der Waals surface area (Å²) < 4.78 is 41.7. The van der Waals surface area contributed by atoms with Crippen LogP contribution in [0.5, 0.6) is 0 Å². The normalized spacial score (nSPS) is 18.1. The molecular formula is C13H17Cl2F3N2O. The van der Waals surface area contributed by atoms with E-state index in [2.05, 4.69) is 5.32 Å². The second-order valence-electron chi connectivity index (χ2n) is 4.75. The molecule has 0 bridgehead atoms. The first-order chi connectivity index (χ1) is 9.47. The Morgan fingerprint density at radius 1 is 1.33 bits per heavy atom. The third-order valence-electron chi connectivity index (χ3n) is 3.40. The molecule has 1 aromatic rings. The summed E-state index contributed by atoms with van der Waals surface area (Å²) in [5, 5.41) is 11.7. The zero-order chi connectivity index (χ0) is 14.8. The average Bonchev–Trinajstić information content (AvgIpc) is 2.45. The maximum Gasteiger partial charge on any atom is 0.289 e. The van der Waals surface area contributed by atoms with E-state index in [9.17, 15) is 13.2 Å². The summed E-state index contributed by atoms with van der Waals surface area (Å²) in [6.07, 6.45) is 0. The van der Waals surface area contributed by atoms with Crippen LogP contribution in [0.1, 0.15) is 11.6 Å². The number of nitrogens with zero attached hydrogens (tertiary/aromatic N) is 1. The summed E-state index contributed by atoms with van der Waals surface area (Å²) in [6, 6.07) is 2.41. The van der Waals surface area contributed by atoms with Crippen molar-refractivity contribution in [2.75, 3.05) is 32.8 Å². The first-order valence-corrected chi connectivity index (χ1v) is 6.72. The van der Waals surface area contributed by atoms with Gasteiger partial charge in [-0.05, 0) is 11.6 Å². The molecule has 2 rings (SSSR count). The van der Waals surface area contributed by atoms with Gasteiger partial charge in [0.1, 0.15) is 18.5 Å². The van der Waals surface area contributed by atoms with Crippen LogP contribution in [-0.4, -0.2) is 48.7 Å². The van der Waals surface area contributed by atoms with Crippen molar-refractivity contribution in [3.05, 3.63) is 34.6 Å². The van der Waals surface area contributed by atoms with Crippen LogP contribution in [0, 0.1) is 5.82 Å². The zero-order valence-electron chi connectivity index (χ0n) is 11.2. The number of hydrogen-bond acceptors (Lipinski definition) is 3. The number of aliphatic hydroxyl groups is 1. The van der Waals surface area contributed by atoms with Crippen LogP contribution in [0.25, 0.3) is 0 Å². The predicted molar refractivity (Wildman–Crippen MR) is 77.9 cm³/mol. The lowest BCUT2D eigenvalue weighted by Gasteiger charge is -2.39. The van der Waals surface area contributed by atoms with E-state index in [1.54, 1.807) is 0 Å². The summed E-state index contributed by atoms with van der Waals surface area (Å²) in [5.74, 6) is -4.13. The fourth-order valence-electron chi connectivity index (χ4n) is 2.45. The van der Waals surface area contributed by atoms with Gasteiger partial charge in [0, 0.05) is 26.2 Å². The van der Waals surface area contributed by atoms with E-state index in [1.807, 2.05) is 0 Å². The molecule has 1 aliphatic rings. The molecule has 0 saturated carbocycles. The van der Waals surface area contributed by atoms with Crippen molar-refractivity contribution in [2.24, 2.45) is 0 Å². The molecular weight excluding hydrogens is 328 g/mol. The molecule has 3 nitrogen and oxygen atoms in total. The second kappa shape index (κ2) is 7.65. The van der Waals surface area contributed by atoms with Gasteiger partial charge in [0.25, 0.3) is 5.92 Å². The molecule has 0 aliphatic carbocycles. The van der Waals surface area contributed by atoms with Crippen LogP contribution in [0.2, 0.25) is 5.02 Å². The minimum atomic E-state index is -3.39. The lowest BCUT2D eigenvalue weighted by Crippen LogP contribution is -2.51. The lowest BCUT2D eigenvalue weighted by atomic mass is 9.98. The highest BCUT2D eigenvalue weighted by molar-refractivity contribution is 6.31. The molecule has 1 atom stereocenters. The summed E-state index contributed by atoms with van der Waals surface area (Å²) in [6.45, 7) is 0.574. The molecule has 21 heavy (non-hydrogen) atoms. The largest absolute Gasteiger partial charge is 0.390 e. The first-order valence-electron chi connectivity index (χ1n) is 6.34. The van der Waals surface area contributed by atoms with E-state index in [1.165, 1.54) is 17.0 Å². The molecule has 1 heterocycles. The third kappa shape index (κ3) is 4.02. The molecule has 0 radical (unpaired) electrons. The Kier molecular flexibility index (Phi) is 6.74. The Hall–Kier alpha value is -0.530. The lowest BCUT2D eigenvalue weighted by molar-refractivity contribution is -0.118. The number of nitrogens with one attached hydrogen (secondary N) is 1. The van der Waals surface area contributed by atoms with Crippen molar-refractivity contribution in [2.45, 2.75) is 12.0 Å². The van der Waals surface area contributed by atoms with E-state index < -0.39 is 24.4 Å². The fourth-order valence-corrected chi connectivity index (χ4v) is 2.68. The van der Waals surface area contributed by atoms with Crippen LogP contribution in [0.3, 0.4) is 0 Å². The van der Waals surface area contributed by atoms with Gasteiger partial charge in [-0.3, -0.25) is 4.90 Å². The van der Waals surface area contributed by atoms with Crippen molar-refractivity contribution in [1.82, 2.24) is 10.2 Å². The van der Waals surface area contributed by atoms with Gasteiger partial charge in [-0.25, -0.2) is 13.2 Å². The molecule has 1 saturated heterocycles. The summed E-state index contributed by atoms with van der Waals surface area (Å²) in [4.78, 5) is 1.52. The van der Waals surface area contributed by atoms with Gasteiger partial charge in [0.2, 0.25) is 0 Å². The highest BCUT2D eigenvalue weighted by atomic mass is 35.5. The minimum absolute atomic E-state index is 0. The number of halogens is 5. The smallest absolute Gasteiger partial charge is 0.289 e. The number of benzene rings is 1. The third-order valence-corrected chi connectivity index (χ3v) is 3.80. The number of rotatable bonds is 4. The van der Waals surface area contributed by atoms with Crippen LogP contribution in [0.4, 0.5) is 13.2 Å². The molecule has 0 amide bonds. The van der Waals surface area contributed by atoms with Crippen molar-refractivity contribution in [1.29, 1.82) is 0 Å². The molecule has 1 aliphatic heterocycles. The summed E-state index contributed by atoms with van der Waals surface area (Å²) >= 11 is 5.84. The number of hydrogen-bond donors (Lipinski definition) is 2. The quantitative estimate of drug-likeness (QED) is 0.880. The van der Waals surface area contributed by atoms with Gasteiger partial charge < -0.3 is 10.4 Å².